The summed E-state index contributed by atoms with van der Waals surface area (Å²) in [5, 5.41) is 10.3. The van der Waals surface area contributed by atoms with Gasteiger partial charge in [0.2, 0.25) is 0 Å². The van der Waals surface area contributed by atoms with E-state index in [9.17, 15) is 9.59 Å². The van der Waals surface area contributed by atoms with Crippen molar-refractivity contribution in [3.05, 3.63) is 12.2 Å². The topological polar surface area (TPSA) is 92.4 Å². The van der Waals surface area contributed by atoms with Gasteiger partial charge in [-0.1, -0.05) is 6.58 Å². The van der Waals surface area contributed by atoms with Crippen molar-refractivity contribution in [2.24, 2.45) is 5.73 Å². The average molecular weight is 144 g/mol. The molecule has 0 unspecified atom stereocenters. The van der Waals surface area contributed by atoms with Crippen molar-refractivity contribution in [2.75, 3.05) is 6.54 Å². The number of primary amides is 1. The van der Waals surface area contributed by atoms with E-state index in [0.29, 0.717) is 0 Å². The summed E-state index contributed by atoms with van der Waals surface area (Å²) < 4.78 is 0. The van der Waals surface area contributed by atoms with Gasteiger partial charge in [0.1, 0.15) is 0 Å². The van der Waals surface area contributed by atoms with Crippen LogP contribution >= 0.6 is 0 Å². The minimum Gasteiger partial charge on any atom is -0.478 e. The zero-order chi connectivity index (χ0) is 8.15. The number of hydrogen-bond donors (Lipinski definition) is 3. The first-order chi connectivity index (χ1) is 4.54. The predicted octanol–water partition coefficient (Wildman–Crippen LogP) is -0.705. The molecule has 0 atom stereocenters. The van der Waals surface area contributed by atoms with E-state index in [0.717, 1.165) is 0 Å². The third-order valence-electron chi connectivity index (χ3n) is 0.778. The molecule has 0 rings (SSSR count). The molecule has 0 radical (unpaired) electrons. The van der Waals surface area contributed by atoms with E-state index in [-0.39, 0.29) is 12.1 Å². The summed E-state index contributed by atoms with van der Waals surface area (Å²) in [5.41, 5.74) is 4.56. The van der Waals surface area contributed by atoms with Gasteiger partial charge in [0.25, 0.3) is 0 Å². The van der Waals surface area contributed by atoms with Crippen LogP contribution in [0.3, 0.4) is 0 Å². The number of carbonyl (C=O) groups excluding carboxylic acids is 1. The summed E-state index contributed by atoms with van der Waals surface area (Å²) in [4.78, 5) is 20.0. The molecule has 0 aromatic carbocycles. The molecule has 5 heteroatoms. The fourth-order valence-corrected chi connectivity index (χ4v) is 0.269. The minimum atomic E-state index is -1.14. The van der Waals surface area contributed by atoms with Crippen LogP contribution in [0.2, 0.25) is 0 Å². The largest absolute Gasteiger partial charge is 0.478 e. The fourth-order valence-electron chi connectivity index (χ4n) is 0.269. The monoisotopic (exact) mass is 144 g/mol. The second kappa shape index (κ2) is 3.49. The van der Waals surface area contributed by atoms with Gasteiger partial charge in [-0.05, 0) is 0 Å². The van der Waals surface area contributed by atoms with Crippen LogP contribution in [-0.4, -0.2) is 23.7 Å². The van der Waals surface area contributed by atoms with Gasteiger partial charge in [0.05, 0.1) is 6.54 Å². The standard InChI is InChI=1S/C5H8N2O3/c1-3(4(8)9)2-7-5(6)10/h1-2H2,(H,8,9)(H3,6,7,10). The quantitative estimate of drug-likeness (QED) is 0.457. The molecular weight excluding hydrogens is 136 g/mol. The number of carbonyl (C=O) groups is 2. The lowest BCUT2D eigenvalue weighted by Crippen LogP contribution is -2.32. The van der Waals surface area contributed by atoms with Crippen LogP contribution < -0.4 is 11.1 Å². The van der Waals surface area contributed by atoms with Gasteiger partial charge in [0, 0.05) is 5.57 Å². The Hall–Kier alpha value is -1.52. The van der Waals surface area contributed by atoms with Gasteiger partial charge >= 0.3 is 12.0 Å². The molecule has 0 spiro atoms. The Morgan fingerprint density at radius 3 is 2.40 bits per heavy atom. The lowest BCUT2D eigenvalue weighted by molar-refractivity contribution is -0.132. The van der Waals surface area contributed by atoms with Crippen LogP contribution in [0.5, 0.6) is 0 Å². The SMILES string of the molecule is C=C(CNC(N)=O)C(=O)O. The summed E-state index contributed by atoms with van der Waals surface area (Å²) in [6.45, 7) is 3.04. The lowest BCUT2D eigenvalue weighted by atomic mass is 10.3. The third kappa shape index (κ3) is 3.48. The van der Waals surface area contributed by atoms with E-state index in [1.165, 1.54) is 0 Å². The maximum Gasteiger partial charge on any atom is 0.332 e. The first-order valence-corrected chi connectivity index (χ1v) is 2.48. The zero-order valence-corrected chi connectivity index (χ0v) is 5.26. The molecule has 0 heterocycles. The van der Waals surface area contributed by atoms with Crippen molar-refractivity contribution >= 4 is 12.0 Å². The van der Waals surface area contributed by atoms with E-state index >= 15 is 0 Å². The molecule has 2 amide bonds. The Morgan fingerprint density at radius 2 is 2.10 bits per heavy atom. The average Bonchev–Trinajstić information content (AvgIpc) is 1.82. The summed E-state index contributed by atoms with van der Waals surface area (Å²) in [7, 11) is 0. The van der Waals surface area contributed by atoms with E-state index < -0.39 is 12.0 Å². The molecule has 0 fully saturated rings. The lowest BCUT2D eigenvalue weighted by Gasteiger charge is -1.98. The zero-order valence-electron chi connectivity index (χ0n) is 5.26. The van der Waals surface area contributed by atoms with Crippen LogP contribution in [0.1, 0.15) is 0 Å². The molecule has 0 aliphatic rings. The second-order valence-electron chi connectivity index (χ2n) is 1.63. The van der Waals surface area contributed by atoms with E-state index in [1.54, 1.807) is 0 Å². The number of amides is 2. The molecule has 0 saturated heterocycles. The molecule has 4 N–H and O–H groups in total. The number of urea groups is 1. The highest BCUT2D eigenvalue weighted by Crippen LogP contribution is 1.84. The van der Waals surface area contributed by atoms with Crippen molar-refractivity contribution < 1.29 is 14.7 Å². The molecule has 56 valence electrons. The Morgan fingerprint density at radius 1 is 1.60 bits per heavy atom. The molecular formula is C5H8N2O3. The fraction of sp³-hybridized carbons (Fsp3) is 0.200. The first-order valence-electron chi connectivity index (χ1n) is 2.48. The summed E-state index contributed by atoms with van der Waals surface area (Å²) in [6, 6.07) is -0.762. The smallest absolute Gasteiger partial charge is 0.332 e. The van der Waals surface area contributed by atoms with Crippen molar-refractivity contribution in [1.82, 2.24) is 5.32 Å². The van der Waals surface area contributed by atoms with Crippen LogP contribution in [0.4, 0.5) is 4.79 Å². The first kappa shape index (κ1) is 8.48. The van der Waals surface area contributed by atoms with Crippen molar-refractivity contribution in [3.63, 3.8) is 0 Å². The van der Waals surface area contributed by atoms with Crippen molar-refractivity contribution in [2.45, 2.75) is 0 Å². The number of hydrogen-bond acceptors (Lipinski definition) is 2. The molecule has 10 heavy (non-hydrogen) atoms. The maximum absolute atomic E-state index is 10.0. The number of rotatable bonds is 3. The van der Waals surface area contributed by atoms with E-state index in [2.05, 4.69) is 17.6 Å². The summed E-state index contributed by atoms with van der Waals surface area (Å²) in [6.07, 6.45) is 0. The van der Waals surface area contributed by atoms with Gasteiger partial charge in [-0.2, -0.15) is 0 Å². The molecule has 5 nitrogen and oxygen atoms in total. The van der Waals surface area contributed by atoms with E-state index in [1.807, 2.05) is 0 Å². The van der Waals surface area contributed by atoms with Crippen molar-refractivity contribution in [1.29, 1.82) is 0 Å². The highest BCUT2D eigenvalue weighted by molar-refractivity contribution is 5.87. The van der Waals surface area contributed by atoms with Crippen LogP contribution in [0.25, 0.3) is 0 Å². The number of carboxylic acids is 1. The number of aliphatic carboxylic acids is 1. The van der Waals surface area contributed by atoms with Crippen molar-refractivity contribution in [3.8, 4) is 0 Å². The Kier molecular flexibility index (Phi) is 2.96. The molecule has 0 bridgehead atoms. The van der Waals surface area contributed by atoms with Gasteiger partial charge in [-0.25, -0.2) is 9.59 Å². The molecule has 0 aromatic heterocycles. The number of nitrogens with two attached hydrogens (primary N) is 1. The normalized spacial score (nSPS) is 8.40. The summed E-state index contributed by atoms with van der Waals surface area (Å²) in [5.74, 6) is -1.14. The Labute approximate surface area is 57.5 Å². The second-order valence-corrected chi connectivity index (χ2v) is 1.63. The Balaban J connectivity index is 3.60. The van der Waals surface area contributed by atoms with Gasteiger partial charge in [0.15, 0.2) is 0 Å². The number of nitrogens with one attached hydrogen (secondary N) is 1. The van der Waals surface area contributed by atoms with Crippen LogP contribution in [-0.2, 0) is 4.79 Å². The molecule has 0 saturated carbocycles. The van der Waals surface area contributed by atoms with E-state index in [4.69, 9.17) is 5.11 Å². The Bertz CT molecular complexity index is 176. The van der Waals surface area contributed by atoms with Crippen LogP contribution in [0, 0.1) is 0 Å². The minimum absolute atomic E-state index is 0.0983. The van der Waals surface area contributed by atoms with Gasteiger partial charge < -0.3 is 16.2 Å². The number of carboxylic acid groups (broad SMARTS) is 1. The maximum atomic E-state index is 10.0. The van der Waals surface area contributed by atoms with Crippen LogP contribution in [0.15, 0.2) is 12.2 Å². The molecule has 0 aliphatic carbocycles. The molecule has 0 aliphatic heterocycles. The summed E-state index contributed by atoms with van der Waals surface area (Å²) >= 11 is 0. The third-order valence-corrected chi connectivity index (χ3v) is 0.778. The van der Waals surface area contributed by atoms with Gasteiger partial charge in [-0.15, -0.1) is 0 Å². The predicted molar refractivity (Wildman–Crippen MR) is 34.4 cm³/mol. The molecule has 0 aromatic rings. The highest BCUT2D eigenvalue weighted by atomic mass is 16.4. The van der Waals surface area contributed by atoms with Gasteiger partial charge in [-0.3, -0.25) is 0 Å². The highest BCUT2D eigenvalue weighted by Gasteiger charge is 2.02.